The van der Waals surface area contributed by atoms with Crippen LogP contribution in [-0.2, 0) is 9.53 Å². The van der Waals surface area contributed by atoms with Crippen LogP contribution >= 0.6 is 11.8 Å². The number of ether oxygens (including phenoxy) is 1. The van der Waals surface area contributed by atoms with Crippen molar-refractivity contribution in [1.82, 2.24) is 0 Å². The number of carbonyl (C=O) groups excluding carboxylic acids is 2. The summed E-state index contributed by atoms with van der Waals surface area (Å²) < 4.78 is 32.6. The van der Waals surface area contributed by atoms with Crippen molar-refractivity contribution in [2.24, 2.45) is 0 Å². The van der Waals surface area contributed by atoms with Gasteiger partial charge in [-0.3, -0.25) is 9.69 Å². The van der Waals surface area contributed by atoms with Crippen molar-refractivity contribution in [3.05, 3.63) is 95.6 Å². The average Bonchev–Trinajstić information content (AvgIpc) is 2.77. The third kappa shape index (κ3) is 3.93. The summed E-state index contributed by atoms with van der Waals surface area (Å²) in [5.74, 6) is -3.12. The van der Waals surface area contributed by atoms with Gasteiger partial charge >= 0.3 is 5.97 Å². The summed E-state index contributed by atoms with van der Waals surface area (Å²) in [4.78, 5) is 27.8. The van der Waals surface area contributed by atoms with Crippen molar-refractivity contribution in [1.29, 1.82) is 0 Å². The minimum absolute atomic E-state index is 0.262. The third-order valence-electron chi connectivity index (χ3n) is 4.78. The Labute approximate surface area is 176 Å². The fourth-order valence-corrected chi connectivity index (χ4v) is 4.55. The molecule has 1 atom stereocenters. The molecule has 7 heteroatoms. The topological polar surface area (TPSA) is 46.6 Å². The number of thioether (sulfide) groups is 1. The molecule has 0 spiro atoms. The molecule has 152 valence electrons. The minimum atomic E-state index is -1.21. The van der Waals surface area contributed by atoms with Crippen molar-refractivity contribution in [3.8, 4) is 0 Å². The summed E-state index contributed by atoms with van der Waals surface area (Å²) in [6.07, 6.45) is 0. The highest BCUT2D eigenvalue weighted by atomic mass is 32.2. The molecule has 0 saturated heterocycles. The summed E-state index contributed by atoms with van der Waals surface area (Å²) in [6.45, 7) is -0.630. The maximum absolute atomic E-state index is 13.8. The molecule has 3 aromatic carbocycles. The monoisotopic (exact) mass is 425 g/mol. The Hall–Kier alpha value is -3.19. The van der Waals surface area contributed by atoms with Crippen molar-refractivity contribution in [2.75, 3.05) is 17.3 Å². The number of amides is 1. The second-order valence-corrected chi connectivity index (χ2v) is 7.70. The molecule has 0 saturated carbocycles. The van der Waals surface area contributed by atoms with Gasteiger partial charge in [-0.05, 0) is 29.8 Å². The van der Waals surface area contributed by atoms with Crippen LogP contribution in [0.3, 0.4) is 0 Å². The summed E-state index contributed by atoms with van der Waals surface area (Å²) >= 11 is 1.64. The lowest BCUT2D eigenvalue weighted by Crippen LogP contribution is -2.41. The van der Waals surface area contributed by atoms with Gasteiger partial charge in [0.2, 0.25) is 0 Å². The Balaban J connectivity index is 1.59. The van der Waals surface area contributed by atoms with E-state index in [1.807, 2.05) is 54.6 Å². The molecular formula is C23H17F2NO3S. The first-order chi connectivity index (χ1) is 14.6. The maximum Gasteiger partial charge on any atom is 0.344 e. The van der Waals surface area contributed by atoms with Crippen LogP contribution in [0.25, 0.3) is 0 Å². The lowest BCUT2D eigenvalue weighted by molar-refractivity contribution is -0.122. The molecule has 0 N–H and O–H groups in total. The molecule has 0 radical (unpaired) electrons. The Morgan fingerprint density at radius 1 is 0.933 bits per heavy atom. The first kappa shape index (κ1) is 20.1. The van der Waals surface area contributed by atoms with Crippen LogP contribution in [0.1, 0.15) is 22.0 Å². The lowest BCUT2D eigenvalue weighted by Gasteiger charge is -2.37. The molecule has 0 bridgehead atoms. The van der Waals surface area contributed by atoms with Crippen LogP contribution in [0.2, 0.25) is 0 Å². The van der Waals surface area contributed by atoms with E-state index < -0.39 is 35.7 Å². The molecule has 30 heavy (non-hydrogen) atoms. The molecular weight excluding hydrogens is 408 g/mol. The van der Waals surface area contributed by atoms with E-state index in [1.54, 1.807) is 16.7 Å². The zero-order valence-corrected chi connectivity index (χ0v) is 16.6. The number of rotatable bonds is 4. The largest absolute Gasteiger partial charge is 0.452 e. The van der Waals surface area contributed by atoms with Crippen LogP contribution in [0.15, 0.2) is 77.7 Å². The summed E-state index contributed by atoms with van der Waals surface area (Å²) in [5, 5.41) is 0. The number of para-hydroxylation sites is 1. The molecule has 1 aliphatic heterocycles. The molecule has 3 aromatic rings. The summed E-state index contributed by atoms with van der Waals surface area (Å²) in [6, 6.07) is 19.8. The molecule has 1 heterocycles. The fraction of sp³-hybridized carbons (Fsp3) is 0.130. The molecule has 4 nitrogen and oxygen atoms in total. The molecule has 1 amide bonds. The number of esters is 1. The van der Waals surface area contributed by atoms with E-state index >= 15 is 0 Å². The second kappa shape index (κ2) is 8.67. The third-order valence-corrected chi connectivity index (χ3v) is 5.92. The highest BCUT2D eigenvalue weighted by molar-refractivity contribution is 7.99. The molecule has 0 aliphatic carbocycles. The molecule has 0 fully saturated rings. The molecule has 1 aliphatic rings. The number of hydrogen-bond donors (Lipinski definition) is 0. The Kier molecular flexibility index (Phi) is 5.81. The van der Waals surface area contributed by atoms with E-state index in [2.05, 4.69) is 0 Å². The zero-order chi connectivity index (χ0) is 21.1. The Morgan fingerprint density at radius 2 is 1.60 bits per heavy atom. The van der Waals surface area contributed by atoms with Gasteiger partial charge in [0.25, 0.3) is 5.91 Å². The van der Waals surface area contributed by atoms with Gasteiger partial charge in [-0.15, -0.1) is 11.8 Å². The van der Waals surface area contributed by atoms with Gasteiger partial charge in [0.1, 0.15) is 17.2 Å². The second-order valence-electron chi connectivity index (χ2n) is 6.64. The predicted molar refractivity (Wildman–Crippen MR) is 110 cm³/mol. The lowest BCUT2D eigenvalue weighted by atomic mass is 10.1. The van der Waals surface area contributed by atoms with E-state index in [1.165, 1.54) is 0 Å². The zero-order valence-electron chi connectivity index (χ0n) is 15.8. The molecule has 4 rings (SSSR count). The van der Waals surface area contributed by atoms with E-state index in [0.29, 0.717) is 11.4 Å². The Morgan fingerprint density at radius 3 is 2.33 bits per heavy atom. The van der Waals surface area contributed by atoms with E-state index in [4.69, 9.17) is 4.74 Å². The average molecular weight is 425 g/mol. The predicted octanol–water partition coefficient (Wildman–Crippen LogP) is 5.00. The number of halogens is 2. The summed E-state index contributed by atoms with van der Waals surface area (Å²) in [5.41, 5.74) is 0.847. The van der Waals surface area contributed by atoms with Crippen LogP contribution in [0.4, 0.5) is 14.5 Å². The van der Waals surface area contributed by atoms with Crippen molar-refractivity contribution in [3.63, 3.8) is 0 Å². The number of hydrogen-bond acceptors (Lipinski definition) is 4. The van der Waals surface area contributed by atoms with Crippen molar-refractivity contribution >= 4 is 29.3 Å². The number of anilines is 1. The van der Waals surface area contributed by atoms with Crippen LogP contribution in [-0.4, -0.2) is 24.2 Å². The van der Waals surface area contributed by atoms with E-state index in [-0.39, 0.29) is 6.04 Å². The van der Waals surface area contributed by atoms with Gasteiger partial charge < -0.3 is 4.74 Å². The SMILES string of the molecule is O=C(OCC(=O)N1c2ccccc2SCC1c1ccccc1)c1c(F)cccc1F. The van der Waals surface area contributed by atoms with E-state index in [9.17, 15) is 18.4 Å². The van der Waals surface area contributed by atoms with Gasteiger partial charge in [-0.2, -0.15) is 0 Å². The highest BCUT2D eigenvalue weighted by Crippen LogP contribution is 2.43. The van der Waals surface area contributed by atoms with Gasteiger partial charge in [0.05, 0.1) is 11.7 Å². The minimum Gasteiger partial charge on any atom is -0.452 e. The van der Waals surface area contributed by atoms with Crippen molar-refractivity contribution < 1.29 is 23.1 Å². The normalized spacial score (nSPS) is 15.4. The van der Waals surface area contributed by atoms with Crippen LogP contribution in [0, 0.1) is 11.6 Å². The smallest absolute Gasteiger partial charge is 0.344 e. The van der Waals surface area contributed by atoms with Gasteiger partial charge in [-0.25, -0.2) is 13.6 Å². The van der Waals surface area contributed by atoms with Crippen LogP contribution in [0.5, 0.6) is 0 Å². The summed E-state index contributed by atoms with van der Waals surface area (Å²) in [7, 11) is 0. The maximum atomic E-state index is 13.8. The first-order valence-electron chi connectivity index (χ1n) is 9.26. The highest BCUT2D eigenvalue weighted by Gasteiger charge is 2.33. The standard InChI is InChI=1S/C23H17F2NO3S/c24-16-9-6-10-17(25)22(16)23(28)29-13-21(27)26-18-11-4-5-12-20(18)30-14-19(26)15-7-2-1-3-8-15/h1-12,19H,13-14H2. The number of fused-ring (bicyclic) bond motifs is 1. The van der Waals surface area contributed by atoms with Crippen LogP contribution < -0.4 is 4.90 Å². The van der Waals surface area contributed by atoms with Crippen molar-refractivity contribution in [2.45, 2.75) is 10.9 Å². The number of benzene rings is 3. The quantitative estimate of drug-likeness (QED) is 0.552. The molecule has 1 unspecified atom stereocenters. The van der Waals surface area contributed by atoms with E-state index in [0.717, 1.165) is 28.7 Å². The van der Waals surface area contributed by atoms with Gasteiger partial charge in [0, 0.05) is 10.6 Å². The first-order valence-corrected chi connectivity index (χ1v) is 10.2. The van der Waals surface area contributed by atoms with Gasteiger partial charge in [0.15, 0.2) is 6.61 Å². The number of nitrogens with zero attached hydrogens (tertiary/aromatic N) is 1. The number of carbonyl (C=O) groups is 2. The Bertz CT molecular complexity index is 1070. The fourth-order valence-electron chi connectivity index (χ4n) is 3.38. The van der Waals surface area contributed by atoms with Gasteiger partial charge in [-0.1, -0.05) is 48.5 Å². The molecule has 0 aromatic heterocycles.